The van der Waals surface area contributed by atoms with Gasteiger partial charge in [0.1, 0.15) is 6.04 Å². The number of nitrogens with one attached hydrogen (secondary N) is 1. The minimum absolute atomic E-state index is 0.0444. The molecule has 1 fully saturated rings. The number of H-pyrrole nitrogens is 1. The normalized spacial score (nSPS) is 22.0. The summed E-state index contributed by atoms with van der Waals surface area (Å²) < 4.78 is 0. The van der Waals surface area contributed by atoms with Gasteiger partial charge >= 0.3 is 11.8 Å². The van der Waals surface area contributed by atoms with Gasteiger partial charge in [-0.05, 0) is 29.7 Å². The second kappa shape index (κ2) is 5.94. The average molecular weight is 295 g/mol. The Balaban J connectivity index is 2.19. The topological polar surface area (TPSA) is 117 Å². The lowest BCUT2D eigenvalue weighted by Crippen LogP contribution is -2.50. The fourth-order valence-corrected chi connectivity index (χ4v) is 2.66. The van der Waals surface area contributed by atoms with Crippen molar-refractivity contribution in [2.45, 2.75) is 32.2 Å². The molecular weight excluding hydrogens is 278 g/mol. The first-order valence-corrected chi connectivity index (χ1v) is 6.81. The van der Waals surface area contributed by atoms with E-state index in [1.54, 1.807) is 0 Å². The number of aromatic nitrogens is 1. The molecule has 2 unspecified atom stereocenters. The minimum Gasteiger partial charge on any atom is -0.480 e. The van der Waals surface area contributed by atoms with Crippen molar-refractivity contribution < 1.29 is 19.6 Å². The molecule has 21 heavy (non-hydrogen) atoms. The number of likely N-dealkylation sites (tertiary alicyclic amines) is 1. The highest BCUT2D eigenvalue weighted by molar-refractivity contribution is 5.95. The number of aliphatic carboxylic acids is 1. The van der Waals surface area contributed by atoms with Crippen molar-refractivity contribution in [3.05, 3.63) is 27.9 Å². The van der Waals surface area contributed by atoms with Gasteiger partial charge in [-0.25, -0.2) is 9.78 Å². The summed E-state index contributed by atoms with van der Waals surface area (Å²) in [4.78, 5) is 37.4. The van der Waals surface area contributed by atoms with E-state index in [4.69, 9.17) is 0 Å². The molecule has 0 radical (unpaired) electrons. The molecule has 1 saturated heterocycles. The Bertz CT molecular complexity index is 568. The minimum atomic E-state index is -1.04. The number of carboxylic acids is 1. The molecule has 1 amide bonds. The van der Waals surface area contributed by atoms with Crippen molar-refractivity contribution in [2.75, 3.05) is 6.54 Å². The Hall–Kier alpha value is -2.38. The zero-order valence-corrected chi connectivity index (χ0v) is 11.6. The number of carbonyl (C=O) groups excluding carboxylic acids is 1. The van der Waals surface area contributed by atoms with Crippen LogP contribution in [-0.4, -0.2) is 44.4 Å². The van der Waals surface area contributed by atoms with E-state index in [1.165, 1.54) is 17.0 Å². The highest BCUT2D eigenvalue weighted by Gasteiger charge is 2.37. The van der Waals surface area contributed by atoms with E-state index < -0.39 is 22.8 Å². The van der Waals surface area contributed by atoms with E-state index in [2.05, 4.69) is 4.98 Å². The SMILES string of the molecule is CCC1CCN(C(=O)c2ccc([N+](=O)[O-])[nH]2)C(C(=O)O)C1. The number of hydrogen-bond acceptors (Lipinski definition) is 4. The molecule has 2 atom stereocenters. The van der Waals surface area contributed by atoms with Gasteiger partial charge < -0.3 is 20.1 Å². The highest BCUT2D eigenvalue weighted by atomic mass is 16.6. The third kappa shape index (κ3) is 3.04. The van der Waals surface area contributed by atoms with Gasteiger partial charge in [-0.15, -0.1) is 0 Å². The van der Waals surface area contributed by atoms with Gasteiger partial charge in [0.05, 0.1) is 0 Å². The van der Waals surface area contributed by atoms with Gasteiger partial charge in [0.2, 0.25) is 0 Å². The molecule has 2 heterocycles. The molecule has 0 saturated carbocycles. The Morgan fingerprint density at radius 3 is 2.76 bits per heavy atom. The number of hydrogen-bond donors (Lipinski definition) is 2. The number of nitro groups is 1. The van der Waals surface area contributed by atoms with Crippen LogP contribution in [0.5, 0.6) is 0 Å². The quantitative estimate of drug-likeness (QED) is 0.647. The lowest BCUT2D eigenvalue weighted by Gasteiger charge is -2.36. The predicted molar refractivity (Wildman–Crippen MR) is 72.9 cm³/mol. The lowest BCUT2D eigenvalue weighted by atomic mass is 9.88. The third-order valence-electron chi connectivity index (χ3n) is 3.93. The number of carboxylic acid groups (broad SMARTS) is 1. The smallest absolute Gasteiger partial charge is 0.326 e. The van der Waals surface area contributed by atoms with Crippen LogP contribution in [0.3, 0.4) is 0 Å². The monoisotopic (exact) mass is 295 g/mol. The first kappa shape index (κ1) is 15.0. The Labute approximate surface area is 120 Å². The van der Waals surface area contributed by atoms with Crippen LogP contribution in [0.15, 0.2) is 12.1 Å². The molecule has 1 aliphatic rings. The van der Waals surface area contributed by atoms with Crippen molar-refractivity contribution in [1.29, 1.82) is 0 Å². The van der Waals surface area contributed by atoms with Crippen LogP contribution in [0.4, 0.5) is 5.82 Å². The second-order valence-electron chi connectivity index (χ2n) is 5.17. The van der Waals surface area contributed by atoms with Gasteiger partial charge in [0.15, 0.2) is 5.69 Å². The molecule has 2 rings (SSSR count). The van der Waals surface area contributed by atoms with E-state index >= 15 is 0 Å². The van der Waals surface area contributed by atoms with Crippen molar-refractivity contribution in [3.63, 3.8) is 0 Å². The molecule has 1 aromatic heterocycles. The van der Waals surface area contributed by atoms with Crippen LogP contribution < -0.4 is 0 Å². The summed E-state index contributed by atoms with van der Waals surface area (Å²) in [6.45, 7) is 2.34. The van der Waals surface area contributed by atoms with Crippen LogP contribution in [0.25, 0.3) is 0 Å². The molecule has 2 N–H and O–H groups in total. The number of aromatic amines is 1. The van der Waals surface area contributed by atoms with E-state index in [0.29, 0.717) is 13.0 Å². The molecule has 0 aliphatic carbocycles. The molecule has 0 bridgehead atoms. The molecule has 8 heteroatoms. The maximum atomic E-state index is 12.4. The molecule has 0 aromatic carbocycles. The summed E-state index contributed by atoms with van der Waals surface area (Å²) in [6, 6.07) is 1.63. The van der Waals surface area contributed by atoms with Gasteiger partial charge in [-0.1, -0.05) is 13.3 Å². The molecule has 0 spiro atoms. The van der Waals surface area contributed by atoms with Gasteiger partial charge in [0.25, 0.3) is 5.91 Å². The molecule has 1 aliphatic heterocycles. The molecule has 1 aromatic rings. The summed E-state index contributed by atoms with van der Waals surface area (Å²) in [7, 11) is 0. The number of amides is 1. The standard InChI is InChI=1S/C13H17N3O5/c1-2-8-5-6-15(10(7-8)13(18)19)12(17)9-3-4-11(14-9)16(20)21/h3-4,8,10,14H,2,5-7H2,1H3,(H,18,19). The summed E-state index contributed by atoms with van der Waals surface area (Å²) in [5.74, 6) is -1.55. The summed E-state index contributed by atoms with van der Waals surface area (Å²) in [5, 5.41) is 19.9. The maximum Gasteiger partial charge on any atom is 0.326 e. The Kier molecular flexibility index (Phi) is 4.25. The van der Waals surface area contributed by atoms with Gasteiger partial charge in [0, 0.05) is 12.6 Å². The van der Waals surface area contributed by atoms with Crippen LogP contribution >= 0.6 is 0 Å². The van der Waals surface area contributed by atoms with Crippen molar-refractivity contribution in [2.24, 2.45) is 5.92 Å². The number of nitrogens with zero attached hydrogens (tertiary/aromatic N) is 2. The van der Waals surface area contributed by atoms with Crippen LogP contribution in [0.2, 0.25) is 0 Å². The Morgan fingerprint density at radius 2 is 2.24 bits per heavy atom. The van der Waals surface area contributed by atoms with Crippen LogP contribution in [0, 0.1) is 16.0 Å². The van der Waals surface area contributed by atoms with E-state index in [1.807, 2.05) is 6.92 Å². The average Bonchev–Trinajstić information content (AvgIpc) is 2.95. The first-order chi connectivity index (χ1) is 9.93. The van der Waals surface area contributed by atoms with Gasteiger partial charge in [-0.3, -0.25) is 4.79 Å². The molecular formula is C13H17N3O5. The van der Waals surface area contributed by atoms with E-state index in [0.717, 1.165) is 12.8 Å². The van der Waals surface area contributed by atoms with Crippen molar-refractivity contribution >= 4 is 17.7 Å². The number of rotatable bonds is 4. The molecule has 114 valence electrons. The summed E-state index contributed by atoms with van der Waals surface area (Å²) >= 11 is 0. The van der Waals surface area contributed by atoms with Crippen LogP contribution in [0.1, 0.15) is 36.7 Å². The summed E-state index contributed by atoms with van der Waals surface area (Å²) in [5.41, 5.74) is 0.0444. The second-order valence-corrected chi connectivity index (χ2v) is 5.17. The first-order valence-electron chi connectivity index (χ1n) is 6.81. The van der Waals surface area contributed by atoms with Crippen molar-refractivity contribution in [3.8, 4) is 0 Å². The zero-order valence-electron chi connectivity index (χ0n) is 11.6. The number of piperidine rings is 1. The molecule has 8 nitrogen and oxygen atoms in total. The highest BCUT2D eigenvalue weighted by Crippen LogP contribution is 2.27. The van der Waals surface area contributed by atoms with Crippen molar-refractivity contribution in [1.82, 2.24) is 9.88 Å². The largest absolute Gasteiger partial charge is 0.480 e. The fraction of sp³-hybridized carbons (Fsp3) is 0.538. The van der Waals surface area contributed by atoms with Crippen LogP contribution in [-0.2, 0) is 4.79 Å². The number of carbonyl (C=O) groups is 2. The van der Waals surface area contributed by atoms with E-state index in [-0.39, 0.29) is 17.4 Å². The fourth-order valence-electron chi connectivity index (χ4n) is 2.66. The maximum absolute atomic E-state index is 12.4. The predicted octanol–water partition coefficient (Wildman–Crippen LogP) is 1.64. The lowest BCUT2D eigenvalue weighted by molar-refractivity contribution is -0.389. The third-order valence-corrected chi connectivity index (χ3v) is 3.93. The summed E-state index contributed by atoms with van der Waals surface area (Å²) in [6.07, 6.45) is 2.04. The Morgan fingerprint density at radius 1 is 1.52 bits per heavy atom. The zero-order chi connectivity index (χ0) is 15.6. The van der Waals surface area contributed by atoms with E-state index in [9.17, 15) is 24.8 Å². The van der Waals surface area contributed by atoms with Gasteiger partial charge in [-0.2, -0.15) is 0 Å².